The molecule has 0 aromatic carbocycles. The molecular weight excluding hydrogens is 160 g/mol. The van der Waals surface area contributed by atoms with E-state index in [1.54, 1.807) is 6.08 Å². The van der Waals surface area contributed by atoms with E-state index in [1.807, 2.05) is 0 Å². The minimum Gasteiger partial charge on any atom is -0.458 e. The van der Waals surface area contributed by atoms with Crippen LogP contribution in [0.3, 0.4) is 0 Å². The van der Waals surface area contributed by atoms with Crippen LogP contribution in [0.5, 0.6) is 0 Å². The minimum absolute atomic E-state index is 0.227. The van der Waals surface area contributed by atoms with E-state index in [0.29, 0.717) is 6.61 Å². The summed E-state index contributed by atoms with van der Waals surface area (Å²) < 4.78 is 27.2. The van der Waals surface area contributed by atoms with Crippen LogP contribution < -0.4 is 0 Å². The van der Waals surface area contributed by atoms with Crippen LogP contribution in [0.4, 0.5) is 0 Å². The van der Waals surface area contributed by atoms with Crippen molar-refractivity contribution < 1.29 is 22.8 Å². The van der Waals surface area contributed by atoms with Crippen LogP contribution in [0.2, 0.25) is 0 Å². The molecule has 0 aliphatic carbocycles. The first-order valence-corrected chi connectivity index (χ1v) is 3.32. The van der Waals surface area contributed by atoms with Crippen molar-refractivity contribution in [2.45, 2.75) is 0 Å². The number of cyclic esters (lactones) is 1. The molecule has 5 nitrogen and oxygen atoms in total. The smallest absolute Gasteiger partial charge is 0.330 e. The molecule has 0 saturated heterocycles. The summed E-state index contributed by atoms with van der Waals surface area (Å²) in [5.41, 5.74) is 0. The van der Waals surface area contributed by atoms with Gasteiger partial charge in [-0.2, -0.15) is 4.21 Å². The van der Waals surface area contributed by atoms with Crippen molar-refractivity contribution in [3.05, 3.63) is 12.2 Å². The van der Waals surface area contributed by atoms with Gasteiger partial charge in [0.1, 0.15) is 6.61 Å². The van der Waals surface area contributed by atoms with Gasteiger partial charge >= 0.3 is 5.97 Å². The highest BCUT2D eigenvalue weighted by Crippen LogP contribution is 1.89. The van der Waals surface area contributed by atoms with Gasteiger partial charge in [0.2, 0.25) is 0 Å². The fourth-order valence-corrected chi connectivity index (χ4v) is 0.323. The van der Waals surface area contributed by atoms with Crippen molar-refractivity contribution >= 4 is 17.3 Å². The monoisotopic (exact) mass is 166 g/mol. The van der Waals surface area contributed by atoms with Crippen LogP contribution in [-0.2, 0) is 20.9 Å². The molecule has 6 heteroatoms. The van der Waals surface area contributed by atoms with Crippen molar-refractivity contribution in [2.24, 2.45) is 0 Å². The van der Waals surface area contributed by atoms with Gasteiger partial charge < -0.3 is 4.74 Å². The number of hydrogen-bond acceptors (Lipinski definition) is 3. The van der Waals surface area contributed by atoms with Crippen LogP contribution >= 0.6 is 0 Å². The van der Waals surface area contributed by atoms with Gasteiger partial charge in [-0.25, -0.2) is 4.79 Å². The molecule has 1 aliphatic rings. The Labute approximate surface area is 59.8 Å². The lowest BCUT2D eigenvalue weighted by molar-refractivity contribution is -0.134. The minimum atomic E-state index is -2.61. The third-order valence-electron chi connectivity index (χ3n) is 0.576. The van der Waals surface area contributed by atoms with Gasteiger partial charge in [0, 0.05) is 6.08 Å². The Morgan fingerprint density at radius 3 is 2.20 bits per heavy atom. The van der Waals surface area contributed by atoms with Gasteiger partial charge in [-0.05, 0) is 6.08 Å². The molecule has 0 aromatic heterocycles. The number of carbonyl (C=O) groups is 1. The summed E-state index contributed by atoms with van der Waals surface area (Å²) in [6.07, 6.45) is 3.10. The van der Waals surface area contributed by atoms with E-state index in [-0.39, 0.29) is 5.97 Å². The normalized spacial score (nSPS) is 14.5. The Kier molecular flexibility index (Phi) is 4.73. The Morgan fingerprint density at radius 2 is 2.10 bits per heavy atom. The molecule has 0 atom stereocenters. The van der Waals surface area contributed by atoms with E-state index in [1.165, 1.54) is 6.08 Å². The van der Waals surface area contributed by atoms with Crippen molar-refractivity contribution in [3.63, 3.8) is 0 Å². The molecule has 0 spiro atoms. The van der Waals surface area contributed by atoms with Crippen LogP contribution in [0, 0.1) is 0 Å². The zero-order valence-corrected chi connectivity index (χ0v) is 5.71. The Bertz CT molecular complexity index is 159. The standard InChI is InChI=1S/C4H4O2.H2O3S/c5-4-2-1-3-6-4;1-4(2)3/h1-2H,3H2;(H2,1,2,3). The van der Waals surface area contributed by atoms with Gasteiger partial charge in [0.05, 0.1) is 0 Å². The number of ether oxygens (including phenoxy) is 1. The summed E-state index contributed by atoms with van der Waals surface area (Å²) in [5, 5.41) is 0. The molecular formula is C4H6O5S. The van der Waals surface area contributed by atoms with E-state index in [0.717, 1.165) is 0 Å². The van der Waals surface area contributed by atoms with E-state index in [4.69, 9.17) is 13.3 Å². The first-order chi connectivity index (χ1) is 4.63. The first kappa shape index (κ1) is 9.28. The van der Waals surface area contributed by atoms with Gasteiger partial charge in [-0.1, -0.05) is 0 Å². The third-order valence-corrected chi connectivity index (χ3v) is 0.576. The lowest BCUT2D eigenvalue weighted by Crippen LogP contribution is -1.89. The molecule has 1 heterocycles. The highest BCUT2D eigenvalue weighted by molar-refractivity contribution is 7.73. The van der Waals surface area contributed by atoms with Crippen LogP contribution in [-0.4, -0.2) is 25.9 Å². The number of rotatable bonds is 0. The molecule has 0 saturated carbocycles. The molecule has 0 bridgehead atoms. The summed E-state index contributed by atoms with van der Waals surface area (Å²) in [7, 11) is 0. The van der Waals surface area contributed by atoms with E-state index in [2.05, 4.69) is 4.74 Å². The lowest BCUT2D eigenvalue weighted by Gasteiger charge is -1.81. The second-order valence-electron chi connectivity index (χ2n) is 1.26. The average Bonchev–Trinajstić information content (AvgIpc) is 2.15. The zero-order chi connectivity index (χ0) is 7.98. The molecule has 2 N–H and O–H groups in total. The van der Waals surface area contributed by atoms with Crippen LogP contribution in [0.15, 0.2) is 12.2 Å². The quantitative estimate of drug-likeness (QED) is 0.384. The predicted molar refractivity (Wildman–Crippen MR) is 33.5 cm³/mol. The SMILES string of the molecule is O=C1C=CCO1.O=S(O)O. The van der Waals surface area contributed by atoms with E-state index < -0.39 is 11.4 Å². The van der Waals surface area contributed by atoms with Gasteiger partial charge in [0.15, 0.2) is 0 Å². The molecule has 1 aliphatic heterocycles. The number of carbonyl (C=O) groups excluding carboxylic acids is 1. The van der Waals surface area contributed by atoms with Crippen molar-refractivity contribution in [3.8, 4) is 0 Å². The largest absolute Gasteiger partial charge is 0.458 e. The molecule has 10 heavy (non-hydrogen) atoms. The maximum atomic E-state index is 9.93. The fourth-order valence-electron chi connectivity index (χ4n) is 0.323. The fraction of sp³-hybridized carbons (Fsp3) is 0.250. The van der Waals surface area contributed by atoms with Crippen LogP contribution in [0.25, 0.3) is 0 Å². The average molecular weight is 166 g/mol. The number of esters is 1. The highest BCUT2D eigenvalue weighted by Gasteiger charge is 1.98. The summed E-state index contributed by atoms with van der Waals surface area (Å²) >= 11 is -2.61. The molecule has 0 unspecified atom stereocenters. The summed E-state index contributed by atoms with van der Waals surface area (Å²) in [6, 6.07) is 0. The van der Waals surface area contributed by atoms with E-state index in [9.17, 15) is 4.79 Å². The summed E-state index contributed by atoms with van der Waals surface area (Å²) in [4.78, 5) is 9.93. The van der Waals surface area contributed by atoms with Crippen molar-refractivity contribution in [1.29, 1.82) is 0 Å². The molecule has 0 radical (unpaired) electrons. The first-order valence-electron chi connectivity index (χ1n) is 2.26. The second kappa shape index (κ2) is 5.10. The third kappa shape index (κ3) is 7.28. The van der Waals surface area contributed by atoms with Gasteiger partial charge in [-0.3, -0.25) is 9.11 Å². The Morgan fingerprint density at radius 1 is 1.60 bits per heavy atom. The zero-order valence-electron chi connectivity index (χ0n) is 4.89. The second-order valence-corrected chi connectivity index (χ2v) is 1.72. The summed E-state index contributed by atoms with van der Waals surface area (Å²) in [5.74, 6) is -0.227. The lowest BCUT2D eigenvalue weighted by atomic mass is 10.6. The highest BCUT2D eigenvalue weighted by atomic mass is 32.2. The summed E-state index contributed by atoms with van der Waals surface area (Å²) in [6.45, 7) is 0.457. The molecule has 0 amide bonds. The van der Waals surface area contributed by atoms with Gasteiger partial charge in [-0.15, -0.1) is 0 Å². The van der Waals surface area contributed by atoms with Crippen molar-refractivity contribution in [2.75, 3.05) is 6.61 Å². The maximum Gasteiger partial charge on any atom is 0.330 e. The topological polar surface area (TPSA) is 83.8 Å². The molecule has 58 valence electrons. The number of hydrogen-bond donors (Lipinski definition) is 2. The Balaban J connectivity index is 0.000000180. The molecule has 0 fully saturated rings. The van der Waals surface area contributed by atoms with Crippen LogP contribution in [0.1, 0.15) is 0 Å². The predicted octanol–water partition coefficient (Wildman–Crippen LogP) is -0.220. The van der Waals surface area contributed by atoms with Crippen molar-refractivity contribution in [1.82, 2.24) is 0 Å². The molecule has 0 aromatic rings. The van der Waals surface area contributed by atoms with Gasteiger partial charge in [0.25, 0.3) is 11.4 Å². The maximum absolute atomic E-state index is 9.93. The Hall–Kier alpha value is -0.720. The molecule has 1 rings (SSSR count). The van der Waals surface area contributed by atoms with E-state index >= 15 is 0 Å².